The van der Waals surface area contributed by atoms with E-state index in [0.29, 0.717) is 23.3 Å². The maximum Gasteiger partial charge on any atom is 0.203 e. The zero-order valence-electron chi connectivity index (χ0n) is 17.3. The molecule has 0 aromatic heterocycles. The fourth-order valence-corrected chi connectivity index (χ4v) is 3.55. The van der Waals surface area contributed by atoms with Gasteiger partial charge in [-0.1, -0.05) is 11.6 Å². The summed E-state index contributed by atoms with van der Waals surface area (Å²) in [6.07, 6.45) is 3.06. The summed E-state index contributed by atoms with van der Waals surface area (Å²) in [4.78, 5) is 4.90. The number of hydrogen-bond acceptors (Lipinski definition) is 6. The van der Waals surface area contributed by atoms with Crippen molar-refractivity contribution in [3.05, 3.63) is 29.3 Å². The standard InChI is InChI=1S/C21H34N2O4/c1-16(2)6-8-23-10-9-22(15-18(23)7-11-24)14-17-12-19(25-3)21(27-5)20(13-17)26-4/h6,12-13,18,24H,7-11,14-15H2,1-5H3/t18-/m1/s1. The van der Waals surface area contributed by atoms with Crippen LogP contribution in [0.5, 0.6) is 17.2 Å². The van der Waals surface area contributed by atoms with Crippen LogP contribution in [-0.4, -0.2) is 75.1 Å². The Balaban J connectivity index is 2.10. The van der Waals surface area contributed by atoms with E-state index < -0.39 is 0 Å². The van der Waals surface area contributed by atoms with Gasteiger partial charge >= 0.3 is 0 Å². The minimum atomic E-state index is 0.216. The molecule has 0 aliphatic carbocycles. The van der Waals surface area contributed by atoms with Crippen molar-refractivity contribution in [1.29, 1.82) is 0 Å². The molecule has 6 nitrogen and oxygen atoms in total. The maximum atomic E-state index is 9.48. The van der Waals surface area contributed by atoms with E-state index in [1.165, 1.54) is 5.57 Å². The topological polar surface area (TPSA) is 54.4 Å². The molecule has 1 aliphatic rings. The van der Waals surface area contributed by atoms with Crippen LogP contribution < -0.4 is 14.2 Å². The third-order valence-electron chi connectivity index (χ3n) is 5.02. The summed E-state index contributed by atoms with van der Waals surface area (Å²) in [5, 5.41) is 9.48. The number of aliphatic hydroxyl groups excluding tert-OH is 1. The number of ether oxygens (including phenoxy) is 3. The van der Waals surface area contributed by atoms with Gasteiger partial charge < -0.3 is 19.3 Å². The molecular formula is C21H34N2O4. The van der Waals surface area contributed by atoms with E-state index in [2.05, 4.69) is 29.7 Å². The molecule has 0 radical (unpaired) electrons. The van der Waals surface area contributed by atoms with Gasteiger partial charge in [-0.3, -0.25) is 9.80 Å². The molecule has 1 N–H and O–H groups in total. The Kier molecular flexibility index (Phi) is 8.41. The second-order valence-corrected chi connectivity index (χ2v) is 7.21. The highest BCUT2D eigenvalue weighted by Gasteiger charge is 2.26. The van der Waals surface area contributed by atoms with Gasteiger partial charge in [0, 0.05) is 45.4 Å². The molecule has 0 spiro atoms. The summed E-state index contributed by atoms with van der Waals surface area (Å²) < 4.78 is 16.3. The second-order valence-electron chi connectivity index (χ2n) is 7.21. The number of methoxy groups -OCH3 is 3. The zero-order chi connectivity index (χ0) is 19.8. The Morgan fingerprint density at radius 2 is 1.78 bits per heavy atom. The highest BCUT2D eigenvalue weighted by molar-refractivity contribution is 5.53. The third-order valence-corrected chi connectivity index (χ3v) is 5.02. The van der Waals surface area contributed by atoms with Crippen LogP contribution in [0.15, 0.2) is 23.8 Å². The number of nitrogens with zero attached hydrogens (tertiary/aromatic N) is 2. The zero-order valence-corrected chi connectivity index (χ0v) is 17.3. The van der Waals surface area contributed by atoms with Gasteiger partial charge in [0.25, 0.3) is 0 Å². The van der Waals surface area contributed by atoms with Crippen LogP contribution in [0.4, 0.5) is 0 Å². The van der Waals surface area contributed by atoms with Crippen LogP contribution in [-0.2, 0) is 6.54 Å². The van der Waals surface area contributed by atoms with Gasteiger partial charge in [-0.05, 0) is 38.0 Å². The third kappa shape index (κ3) is 5.86. The van der Waals surface area contributed by atoms with Crippen molar-refractivity contribution in [2.24, 2.45) is 0 Å². The summed E-state index contributed by atoms with van der Waals surface area (Å²) in [7, 11) is 4.89. The van der Waals surface area contributed by atoms with E-state index in [0.717, 1.165) is 44.7 Å². The van der Waals surface area contributed by atoms with E-state index in [4.69, 9.17) is 14.2 Å². The minimum Gasteiger partial charge on any atom is -0.493 e. The van der Waals surface area contributed by atoms with Crippen molar-refractivity contribution in [3.8, 4) is 17.2 Å². The van der Waals surface area contributed by atoms with Gasteiger partial charge in [-0.2, -0.15) is 0 Å². The molecule has 1 fully saturated rings. The number of allylic oxidation sites excluding steroid dienone is 1. The van der Waals surface area contributed by atoms with E-state index in [1.807, 2.05) is 12.1 Å². The predicted octanol–water partition coefficient (Wildman–Crippen LogP) is 2.55. The molecule has 1 saturated heterocycles. The molecule has 6 heteroatoms. The number of piperazine rings is 1. The molecule has 2 rings (SSSR count). The van der Waals surface area contributed by atoms with Crippen molar-refractivity contribution in [3.63, 3.8) is 0 Å². The first-order valence-corrected chi connectivity index (χ1v) is 9.51. The number of aliphatic hydroxyl groups is 1. The molecule has 1 aromatic rings. The first kappa shape index (κ1) is 21.5. The molecule has 1 heterocycles. The molecule has 0 unspecified atom stereocenters. The first-order valence-electron chi connectivity index (χ1n) is 9.51. The Hall–Kier alpha value is -1.76. The average Bonchev–Trinajstić information content (AvgIpc) is 2.66. The first-order chi connectivity index (χ1) is 13.0. The normalized spacial score (nSPS) is 18.2. The quantitative estimate of drug-likeness (QED) is 0.667. The average molecular weight is 379 g/mol. The van der Waals surface area contributed by atoms with Crippen molar-refractivity contribution >= 4 is 0 Å². The van der Waals surface area contributed by atoms with Crippen molar-refractivity contribution in [2.75, 3.05) is 54.1 Å². The fourth-order valence-electron chi connectivity index (χ4n) is 3.55. The van der Waals surface area contributed by atoms with Crippen LogP contribution in [0.3, 0.4) is 0 Å². The van der Waals surface area contributed by atoms with E-state index in [9.17, 15) is 5.11 Å². The van der Waals surface area contributed by atoms with Gasteiger partial charge in [0.15, 0.2) is 11.5 Å². The van der Waals surface area contributed by atoms with Gasteiger partial charge in [-0.25, -0.2) is 0 Å². The SMILES string of the molecule is COc1cc(CN2CCN(CC=C(C)C)[C@H](CCO)C2)cc(OC)c1OC. The largest absolute Gasteiger partial charge is 0.493 e. The van der Waals surface area contributed by atoms with Crippen LogP contribution in [0.1, 0.15) is 25.8 Å². The van der Waals surface area contributed by atoms with Gasteiger partial charge in [-0.15, -0.1) is 0 Å². The summed E-state index contributed by atoms with van der Waals surface area (Å²) >= 11 is 0. The molecule has 1 aliphatic heterocycles. The van der Waals surface area contributed by atoms with E-state index in [1.54, 1.807) is 21.3 Å². The van der Waals surface area contributed by atoms with Crippen LogP contribution >= 0.6 is 0 Å². The lowest BCUT2D eigenvalue weighted by Gasteiger charge is -2.41. The molecule has 1 aromatic carbocycles. The molecular weight excluding hydrogens is 344 g/mol. The predicted molar refractivity (Wildman–Crippen MR) is 108 cm³/mol. The molecule has 0 amide bonds. The lowest BCUT2D eigenvalue weighted by atomic mass is 10.1. The summed E-state index contributed by atoms with van der Waals surface area (Å²) in [6.45, 7) is 9.17. The molecule has 27 heavy (non-hydrogen) atoms. The second kappa shape index (κ2) is 10.5. The van der Waals surface area contributed by atoms with E-state index in [-0.39, 0.29) is 6.61 Å². The number of rotatable bonds is 9. The van der Waals surface area contributed by atoms with E-state index >= 15 is 0 Å². The monoisotopic (exact) mass is 378 g/mol. The molecule has 0 saturated carbocycles. The number of hydrogen-bond donors (Lipinski definition) is 1. The highest BCUT2D eigenvalue weighted by atomic mass is 16.5. The lowest BCUT2D eigenvalue weighted by Crippen LogP contribution is -2.53. The Bertz CT molecular complexity index is 604. The van der Waals surface area contributed by atoms with Gasteiger partial charge in [0.1, 0.15) is 0 Å². The molecule has 152 valence electrons. The van der Waals surface area contributed by atoms with Crippen LogP contribution in [0, 0.1) is 0 Å². The van der Waals surface area contributed by atoms with Crippen molar-refractivity contribution in [2.45, 2.75) is 32.9 Å². The summed E-state index contributed by atoms with van der Waals surface area (Å²) in [5.41, 5.74) is 2.46. The summed E-state index contributed by atoms with van der Waals surface area (Å²) in [6, 6.07) is 4.39. The van der Waals surface area contributed by atoms with Crippen molar-refractivity contribution < 1.29 is 19.3 Å². The van der Waals surface area contributed by atoms with Crippen molar-refractivity contribution in [1.82, 2.24) is 9.80 Å². The Morgan fingerprint density at radius 1 is 1.11 bits per heavy atom. The lowest BCUT2D eigenvalue weighted by molar-refractivity contribution is 0.0636. The van der Waals surface area contributed by atoms with Crippen LogP contribution in [0.25, 0.3) is 0 Å². The summed E-state index contributed by atoms with van der Waals surface area (Å²) in [5.74, 6) is 1.98. The van der Waals surface area contributed by atoms with Gasteiger partial charge in [0.05, 0.1) is 21.3 Å². The number of benzene rings is 1. The maximum absolute atomic E-state index is 9.48. The highest BCUT2D eigenvalue weighted by Crippen LogP contribution is 2.38. The Labute approximate surface area is 163 Å². The molecule has 0 bridgehead atoms. The smallest absolute Gasteiger partial charge is 0.203 e. The Morgan fingerprint density at radius 3 is 2.30 bits per heavy atom. The molecule has 1 atom stereocenters. The van der Waals surface area contributed by atoms with Crippen LogP contribution in [0.2, 0.25) is 0 Å². The minimum absolute atomic E-state index is 0.216. The van der Waals surface area contributed by atoms with Gasteiger partial charge in [0.2, 0.25) is 5.75 Å². The fraction of sp³-hybridized carbons (Fsp3) is 0.619.